The highest BCUT2D eigenvalue weighted by Gasteiger charge is 2.14. The number of benzene rings is 1. The lowest BCUT2D eigenvalue weighted by Crippen LogP contribution is -2.22. The van der Waals surface area contributed by atoms with Crippen LogP contribution in [0, 0.1) is 0 Å². The predicted molar refractivity (Wildman–Crippen MR) is 76.1 cm³/mol. The Morgan fingerprint density at radius 3 is 2.05 bits per heavy atom. The Morgan fingerprint density at radius 1 is 1.05 bits per heavy atom. The average Bonchev–Trinajstić information content (AvgIpc) is 2.27. The van der Waals surface area contributed by atoms with E-state index in [0.29, 0.717) is 17.9 Å². The Hall–Kier alpha value is -1.23. The van der Waals surface area contributed by atoms with Crippen molar-refractivity contribution < 1.29 is 17.3 Å². The van der Waals surface area contributed by atoms with Gasteiger partial charge in [0, 0.05) is 0 Å². The molecule has 5 heteroatoms. The molecule has 0 bridgehead atoms. The topological polar surface area (TPSA) is 52.6 Å². The molecular weight excluding hydrogens is 264 g/mol. The number of rotatable bonds is 6. The van der Waals surface area contributed by atoms with Crippen molar-refractivity contribution in [2.75, 3.05) is 5.75 Å². The first kappa shape index (κ1) is 15.8. The van der Waals surface area contributed by atoms with Gasteiger partial charge in [0.05, 0.1) is 5.75 Å². The van der Waals surface area contributed by atoms with Crippen LogP contribution in [0.4, 0.5) is 0 Å². The van der Waals surface area contributed by atoms with Crippen LogP contribution in [0.1, 0.15) is 40.5 Å². The molecule has 19 heavy (non-hydrogen) atoms. The first-order valence-corrected chi connectivity index (χ1v) is 8.01. The molecule has 0 heterocycles. The minimum absolute atomic E-state index is 0.0454. The summed E-state index contributed by atoms with van der Waals surface area (Å²) < 4.78 is 33.9. The molecule has 0 aliphatic carbocycles. The number of unbranched alkanes of at least 4 members (excludes halogenated alkanes) is 1. The van der Waals surface area contributed by atoms with E-state index < -0.39 is 10.1 Å². The van der Waals surface area contributed by atoms with Gasteiger partial charge in [-0.1, -0.05) is 13.3 Å². The van der Waals surface area contributed by atoms with Crippen molar-refractivity contribution in [3.8, 4) is 11.5 Å². The van der Waals surface area contributed by atoms with E-state index in [1.807, 2.05) is 27.7 Å². The van der Waals surface area contributed by atoms with Gasteiger partial charge in [0.15, 0.2) is 0 Å². The third-order valence-electron chi connectivity index (χ3n) is 2.22. The molecule has 0 fully saturated rings. The fourth-order valence-electron chi connectivity index (χ4n) is 1.43. The smallest absolute Gasteiger partial charge is 0.309 e. The Morgan fingerprint density at radius 2 is 1.58 bits per heavy atom. The first-order chi connectivity index (χ1) is 8.72. The molecule has 0 spiro atoms. The van der Waals surface area contributed by atoms with Crippen LogP contribution in [0.3, 0.4) is 0 Å². The van der Waals surface area contributed by atoms with Crippen LogP contribution in [0.2, 0.25) is 0 Å². The molecule has 0 radical (unpaired) electrons. The third kappa shape index (κ3) is 6.47. The highest BCUT2D eigenvalue weighted by molar-refractivity contribution is 7.87. The molecule has 0 aromatic heterocycles. The normalized spacial score (nSPS) is 12.2. The van der Waals surface area contributed by atoms with E-state index in [0.717, 1.165) is 6.42 Å². The molecular formula is C14H22O4S. The van der Waals surface area contributed by atoms with Gasteiger partial charge in [-0.2, -0.15) is 8.42 Å². The lowest BCUT2D eigenvalue weighted by Gasteiger charge is -2.21. The molecule has 0 saturated heterocycles. The Kier molecular flexibility index (Phi) is 5.23. The Balaban J connectivity index is 2.67. The Bertz CT molecular complexity index is 483. The molecule has 0 amide bonds. The zero-order valence-corrected chi connectivity index (χ0v) is 12.8. The van der Waals surface area contributed by atoms with Crippen LogP contribution >= 0.6 is 0 Å². The molecule has 4 nitrogen and oxygen atoms in total. The number of hydrogen-bond donors (Lipinski definition) is 0. The molecule has 1 rings (SSSR count). The van der Waals surface area contributed by atoms with Crippen LogP contribution in [-0.2, 0) is 10.1 Å². The summed E-state index contributed by atoms with van der Waals surface area (Å²) in [7, 11) is -3.49. The fraction of sp³-hybridized carbons (Fsp3) is 0.571. The highest BCUT2D eigenvalue weighted by Crippen LogP contribution is 2.22. The van der Waals surface area contributed by atoms with Gasteiger partial charge in [0.25, 0.3) is 0 Å². The molecule has 0 unspecified atom stereocenters. The van der Waals surface area contributed by atoms with Crippen molar-refractivity contribution >= 4 is 10.1 Å². The van der Waals surface area contributed by atoms with Gasteiger partial charge < -0.3 is 8.92 Å². The zero-order chi connectivity index (χ0) is 14.5. The quantitative estimate of drug-likeness (QED) is 0.752. The van der Waals surface area contributed by atoms with Crippen LogP contribution in [0.15, 0.2) is 24.3 Å². The maximum absolute atomic E-state index is 11.6. The second kappa shape index (κ2) is 6.28. The van der Waals surface area contributed by atoms with Crippen molar-refractivity contribution in [1.29, 1.82) is 0 Å². The summed E-state index contributed by atoms with van der Waals surface area (Å²) in [6.45, 7) is 7.79. The number of ether oxygens (including phenoxy) is 1. The maximum Gasteiger partial charge on any atom is 0.309 e. The van der Waals surface area contributed by atoms with Crippen LogP contribution in [0.5, 0.6) is 11.5 Å². The summed E-state index contributed by atoms with van der Waals surface area (Å²) in [6, 6.07) is 6.61. The summed E-state index contributed by atoms with van der Waals surface area (Å²) in [5.41, 5.74) is -0.282. The SMILES string of the molecule is CCCCS(=O)(=O)Oc1ccc(OC(C)(C)C)cc1. The molecule has 0 atom stereocenters. The van der Waals surface area contributed by atoms with E-state index >= 15 is 0 Å². The minimum atomic E-state index is -3.49. The lowest BCUT2D eigenvalue weighted by atomic mass is 10.2. The summed E-state index contributed by atoms with van der Waals surface area (Å²) >= 11 is 0. The second-order valence-corrected chi connectivity index (χ2v) is 7.07. The van der Waals surface area contributed by atoms with Crippen LogP contribution in [0.25, 0.3) is 0 Å². The predicted octanol–water partition coefficient (Wildman–Crippen LogP) is 3.37. The molecule has 0 aliphatic heterocycles. The van der Waals surface area contributed by atoms with E-state index in [-0.39, 0.29) is 11.4 Å². The van der Waals surface area contributed by atoms with Crippen LogP contribution in [-0.4, -0.2) is 19.8 Å². The van der Waals surface area contributed by atoms with E-state index in [4.69, 9.17) is 8.92 Å². The van der Waals surface area contributed by atoms with Crippen LogP contribution < -0.4 is 8.92 Å². The van der Waals surface area contributed by atoms with Crippen molar-refractivity contribution in [2.45, 2.75) is 46.1 Å². The molecule has 1 aromatic carbocycles. The van der Waals surface area contributed by atoms with Crippen molar-refractivity contribution in [3.05, 3.63) is 24.3 Å². The summed E-state index contributed by atoms with van der Waals surface area (Å²) in [5.74, 6) is 1.05. The molecule has 1 aromatic rings. The van der Waals surface area contributed by atoms with Gasteiger partial charge >= 0.3 is 10.1 Å². The van der Waals surface area contributed by atoms with Gasteiger partial charge in [-0.05, 0) is 51.5 Å². The molecule has 0 N–H and O–H groups in total. The van der Waals surface area contributed by atoms with Crippen molar-refractivity contribution in [2.24, 2.45) is 0 Å². The highest BCUT2D eigenvalue weighted by atomic mass is 32.2. The monoisotopic (exact) mass is 286 g/mol. The van der Waals surface area contributed by atoms with E-state index in [9.17, 15) is 8.42 Å². The standard InChI is InChI=1S/C14H22O4S/c1-5-6-11-19(15,16)18-13-9-7-12(8-10-13)17-14(2,3)4/h7-10H,5-6,11H2,1-4H3. The molecule has 0 saturated carbocycles. The maximum atomic E-state index is 11.6. The van der Waals surface area contributed by atoms with E-state index in [1.165, 1.54) is 0 Å². The van der Waals surface area contributed by atoms with Gasteiger partial charge in [-0.25, -0.2) is 0 Å². The van der Waals surface area contributed by atoms with Gasteiger partial charge in [-0.3, -0.25) is 0 Å². The molecule has 108 valence electrons. The lowest BCUT2D eigenvalue weighted by molar-refractivity contribution is 0.131. The largest absolute Gasteiger partial charge is 0.488 e. The summed E-state index contributed by atoms with van der Waals surface area (Å²) in [5, 5.41) is 0. The Labute approximate surface area is 115 Å². The minimum Gasteiger partial charge on any atom is -0.488 e. The van der Waals surface area contributed by atoms with E-state index in [1.54, 1.807) is 24.3 Å². The third-order valence-corrected chi connectivity index (χ3v) is 3.45. The summed E-state index contributed by atoms with van der Waals surface area (Å²) in [4.78, 5) is 0. The van der Waals surface area contributed by atoms with E-state index in [2.05, 4.69) is 0 Å². The average molecular weight is 286 g/mol. The van der Waals surface area contributed by atoms with Gasteiger partial charge in [0.1, 0.15) is 17.1 Å². The number of hydrogen-bond acceptors (Lipinski definition) is 4. The van der Waals surface area contributed by atoms with Gasteiger partial charge in [0.2, 0.25) is 0 Å². The van der Waals surface area contributed by atoms with Gasteiger partial charge in [-0.15, -0.1) is 0 Å². The zero-order valence-electron chi connectivity index (χ0n) is 12.0. The summed E-state index contributed by atoms with van der Waals surface area (Å²) in [6.07, 6.45) is 1.43. The van der Waals surface area contributed by atoms with Crippen molar-refractivity contribution in [1.82, 2.24) is 0 Å². The fourth-order valence-corrected chi connectivity index (χ4v) is 2.56. The van der Waals surface area contributed by atoms with Crippen molar-refractivity contribution in [3.63, 3.8) is 0 Å². The molecule has 0 aliphatic rings. The first-order valence-electron chi connectivity index (χ1n) is 6.43. The second-order valence-electron chi connectivity index (χ2n) is 5.38.